The molecule has 2 unspecified atom stereocenters. The molecule has 0 saturated heterocycles. The predicted molar refractivity (Wildman–Crippen MR) is 90.9 cm³/mol. The summed E-state index contributed by atoms with van der Waals surface area (Å²) in [7, 11) is 0. The van der Waals surface area contributed by atoms with Crippen molar-refractivity contribution in [3.8, 4) is 0 Å². The zero-order valence-electron chi connectivity index (χ0n) is 13.5. The molecule has 2 aromatic heterocycles. The Morgan fingerprint density at radius 2 is 2.24 bits per heavy atom. The molecule has 2 atom stereocenters. The summed E-state index contributed by atoms with van der Waals surface area (Å²) in [5.41, 5.74) is 10.9. The van der Waals surface area contributed by atoms with Gasteiger partial charge in [-0.3, -0.25) is 0 Å². The highest BCUT2D eigenvalue weighted by Crippen LogP contribution is 2.43. The summed E-state index contributed by atoms with van der Waals surface area (Å²) < 4.78 is 2.56. The molecule has 0 fully saturated rings. The first-order chi connectivity index (χ1) is 9.93. The van der Waals surface area contributed by atoms with Gasteiger partial charge in [-0.1, -0.05) is 26.8 Å². The zero-order chi connectivity index (χ0) is 15.2. The standard InChI is InChI=1S/C18H26N2S/c1-5-15(17-7-6-8-21-17)20-12(2)9-13-14(19)10-18(3,4)11-16(13)20/h6-9,14-15H,5,10-11,19H2,1-4H3. The van der Waals surface area contributed by atoms with E-state index >= 15 is 0 Å². The van der Waals surface area contributed by atoms with Crippen LogP contribution in [0.1, 0.15) is 67.5 Å². The van der Waals surface area contributed by atoms with Gasteiger partial charge in [0.1, 0.15) is 0 Å². The van der Waals surface area contributed by atoms with Gasteiger partial charge in [0.2, 0.25) is 0 Å². The average Bonchev–Trinajstić information content (AvgIpc) is 3.00. The third-order valence-corrected chi connectivity index (χ3v) is 5.73. The highest BCUT2D eigenvalue weighted by atomic mass is 32.1. The fourth-order valence-electron chi connectivity index (χ4n) is 3.89. The van der Waals surface area contributed by atoms with Crippen LogP contribution in [-0.4, -0.2) is 4.57 Å². The molecule has 0 spiro atoms. The Kier molecular flexibility index (Phi) is 3.74. The Bertz CT molecular complexity index is 622. The van der Waals surface area contributed by atoms with E-state index in [-0.39, 0.29) is 6.04 Å². The second kappa shape index (κ2) is 5.29. The van der Waals surface area contributed by atoms with Crippen LogP contribution in [0, 0.1) is 12.3 Å². The molecule has 2 N–H and O–H groups in total. The van der Waals surface area contributed by atoms with Crippen molar-refractivity contribution in [2.75, 3.05) is 0 Å². The van der Waals surface area contributed by atoms with Crippen molar-refractivity contribution in [1.29, 1.82) is 0 Å². The number of hydrogen-bond donors (Lipinski definition) is 1. The minimum Gasteiger partial charge on any atom is -0.340 e. The lowest BCUT2D eigenvalue weighted by molar-refractivity contribution is 0.273. The molecule has 3 rings (SSSR count). The summed E-state index contributed by atoms with van der Waals surface area (Å²) in [6.45, 7) is 9.20. The second-order valence-electron chi connectivity index (χ2n) is 7.15. The normalized spacial score (nSPS) is 22.0. The Balaban J connectivity index is 2.12. The van der Waals surface area contributed by atoms with Crippen LogP contribution in [0.15, 0.2) is 23.6 Å². The highest BCUT2D eigenvalue weighted by Gasteiger charge is 2.34. The first kappa shape index (κ1) is 14.9. The SMILES string of the molecule is CCC(c1cccs1)n1c(C)cc2c1CC(C)(C)CC2N. The van der Waals surface area contributed by atoms with E-state index in [9.17, 15) is 0 Å². The Morgan fingerprint density at radius 3 is 2.86 bits per heavy atom. The Hall–Kier alpha value is -1.06. The summed E-state index contributed by atoms with van der Waals surface area (Å²) in [5, 5.41) is 2.18. The molecule has 0 saturated carbocycles. The van der Waals surface area contributed by atoms with Crippen LogP contribution in [0.2, 0.25) is 0 Å². The summed E-state index contributed by atoms with van der Waals surface area (Å²) >= 11 is 1.86. The van der Waals surface area contributed by atoms with E-state index in [1.165, 1.54) is 21.8 Å². The van der Waals surface area contributed by atoms with E-state index < -0.39 is 0 Å². The van der Waals surface area contributed by atoms with Gasteiger partial charge in [0.15, 0.2) is 0 Å². The lowest BCUT2D eigenvalue weighted by Crippen LogP contribution is -2.31. The third kappa shape index (κ3) is 2.58. The second-order valence-corrected chi connectivity index (χ2v) is 8.13. The minimum absolute atomic E-state index is 0.185. The van der Waals surface area contributed by atoms with Crippen molar-refractivity contribution in [1.82, 2.24) is 4.57 Å². The first-order valence-corrected chi connectivity index (χ1v) is 8.80. The average molecular weight is 302 g/mol. The van der Waals surface area contributed by atoms with Gasteiger partial charge in [-0.15, -0.1) is 11.3 Å². The van der Waals surface area contributed by atoms with Gasteiger partial charge in [-0.2, -0.15) is 0 Å². The van der Waals surface area contributed by atoms with Crippen LogP contribution in [0.4, 0.5) is 0 Å². The molecule has 3 heteroatoms. The van der Waals surface area contributed by atoms with Crippen molar-refractivity contribution >= 4 is 11.3 Å². The van der Waals surface area contributed by atoms with Gasteiger partial charge in [-0.25, -0.2) is 0 Å². The Labute approximate surface area is 132 Å². The maximum atomic E-state index is 6.45. The summed E-state index contributed by atoms with van der Waals surface area (Å²) in [6.07, 6.45) is 3.34. The van der Waals surface area contributed by atoms with Crippen molar-refractivity contribution in [3.05, 3.63) is 45.4 Å². The highest BCUT2D eigenvalue weighted by molar-refractivity contribution is 7.10. The van der Waals surface area contributed by atoms with E-state index in [0.29, 0.717) is 11.5 Å². The molecule has 1 aliphatic rings. The van der Waals surface area contributed by atoms with E-state index in [2.05, 4.69) is 55.8 Å². The van der Waals surface area contributed by atoms with Crippen molar-refractivity contribution in [3.63, 3.8) is 0 Å². The molecule has 0 amide bonds. The number of nitrogens with zero attached hydrogens (tertiary/aromatic N) is 1. The summed E-state index contributed by atoms with van der Waals surface area (Å²) in [5.74, 6) is 0. The molecule has 0 bridgehead atoms. The topological polar surface area (TPSA) is 30.9 Å². The number of rotatable bonds is 3. The first-order valence-electron chi connectivity index (χ1n) is 7.92. The van der Waals surface area contributed by atoms with Crippen molar-refractivity contribution < 1.29 is 0 Å². The van der Waals surface area contributed by atoms with E-state index in [0.717, 1.165) is 19.3 Å². The minimum atomic E-state index is 0.185. The molecule has 114 valence electrons. The van der Waals surface area contributed by atoms with Gasteiger partial charge in [0.05, 0.1) is 6.04 Å². The van der Waals surface area contributed by atoms with Crippen LogP contribution < -0.4 is 5.73 Å². The van der Waals surface area contributed by atoms with Gasteiger partial charge >= 0.3 is 0 Å². The van der Waals surface area contributed by atoms with Gasteiger partial charge in [0, 0.05) is 22.3 Å². The number of hydrogen-bond acceptors (Lipinski definition) is 2. The quantitative estimate of drug-likeness (QED) is 0.865. The van der Waals surface area contributed by atoms with Gasteiger partial charge < -0.3 is 10.3 Å². The molecule has 1 aliphatic carbocycles. The maximum absolute atomic E-state index is 6.45. The van der Waals surface area contributed by atoms with Gasteiger partial charge in [-0.05, 0) is 54.7 Å². The monoisotopic (exact) mass is 302 g/mol. The largest absolute Gasteiger partial charge is 0.340 e. The zero-order valence-corrected chi connectivity index (χ0v) is 14.3. The molecule has 2 aromatic rings. The number of thiophene rings is 1. The molecule has 2 heterocycles. The van der Waals surface area contributed by atoms with Crippen LogP contribution in [0.3, 0.4) is 0 Å². The molecule has 2 nitrogen and oxygen atoms in total. The Morgan fingerprint density at radius 1 is 1.48 bits per heavy atom. The van der Waals surface area contributed by atoms with Crippen molar-refractivity contribution in [2.24, 2.45) is 11.1 Å². The molecule has 0 aliphatic heterocycles. The van der Waals surface area contributed by atoms with Crippen LogP contribution in [0.5, 0.6) is 0 Å². The molecular weight excluding hydrogens is 276 g/mol. The van der Waals surface area contributed by atoms with E-state index in [1.807, 2.05) is 11.3 Å². The van der Waals surface area contributed by atoms with E-state index in [1.54, 1.807) is 0 Å². The fourth-order valence-corrected chi connectivity index (χ4v) is 4.80. The molecular formula is C18H26N2S. The van der Waals surface area contributed by atoms with Crippen molar-refractivity contribution in [2.45, 2.75) is 59.0 Å². The lowest BCUT2D eigenvalue weighted by atomic mass is 9.74. The summed E-state index contributed by atoms with van der Waals surface area (Å²) in [4.78, 5) is 1.45. The molecule has 21 heavy (non-hydrogen) atoms. The number of aromatic nitrogens is 1. The number of aryl methyl sites for hydroxylation is 1. The number of fused-ring (bicyclic) bond motifs is 1. The van der Waals surface area contributed by atoms with Gasteiger partial charge in [0.25, 0.3) is 0 Å². The number of nitrogens with two attached hydrogens (primary N) is 1. The van der Waals surface area contributed by atoms with Crippen LogP contribution in [-0.2, 0) is 6.42 Å². The smallest absolute Gasteiger partial charge is 0.0675 e. The molecule has 0 aromatic carbocycles. The summed E-state index contributed by atoms with van der Waals surface area (Å²) in [6, 6.07) is 7.38. The maximum Gasteiger partial charge on any atom is 0.0675 e. The fraction of sp³-hybridized carbons (Fsp3) is 0.556. The third-order valence-electron chi connectivity index (χ3n) is 4.76. The van der Waals surface area contributed by atoms with E-state index in [4.69, 9.17) is 5.73 Å². The molecule has 0 radical (unpaired) electrons. The predicted octanol–water partition coefficient (Wildman–Crippen LogP) is 4.83. The van der Waals surface area contributed by atoms with Crippen LogP contribution in [0.25, 0.3) is 0 Å². The lowest BCUT2D eigenvalue weighted by Gasteiger charge is -2.35. The van der Waals surface area contributed by atoms with Crippen LogP contribution >= 0.6 is 11.3 Å².